The second-order valence-corrected chi connectivity index (χ2v) is 6.51. The fraction of sp³-hybridized carbons (Fsp3) is 0.250. The van der Waals surface area contributed by atoms with Crippen LogP contribution in [0, 0.1) is 6.92 Å². The van der Waals surface area contributed by atoms with Crippen molar-refractivity contribution in [3.63, 3.8) is 0 Å². The standard InChI is InChI=1S/C12H11N3OS2/c1-7(11-13-8(2)15-16-11)17-12-14-9-5-3-4-6-10(9)18-12/h3-7H,1-2H3/t7-/m0/s1. The van der Waals surface area contributed by atoms with Crippen molar-refractivity contribution in [3.05, 3.63) is 36.0 Å². The number of para-hydroxylation sites is 1. The number of aromatic nitrogens is 3. The van der Waals surface area contributed by atoms with Crippen LogP contribution in [0.2, 0.25) is 0 Å². The molecule has 0 saturated heterocycles. The Morgan fingerprint density at radius 3 is 2.83 bits per heavy atom. The van der Waals surface area contributed by atoms with E-state index in [4.69, 9.17) is 4.52 Å². The Kier molecular flexibility index (Phi) is 3.05. The van der Waals surface area contributed by atoms with Gasteiger partial charge in [0.1, 0.15) is 0 Å². The second-order valence-electron chi connectivity index (χ2n) is 3.89. The molecule has 0 spiro atoms. The first-order chi connectivity index (χ1) is 8.72. The molecule has 6 heteroatoms. The monoisotopic (exact) mass is 277 g/mol. The Morgan fingerprint density at radius 1 is 1.28 bits per heavy atom. The molecule has 1 aromatic carbocycles. The molecule has 3 rings (SSSR count). The number of thiazole rings is 1. The number of nitrogens with zero attached hydrogens (tertiary/aromatic N) is 3. The lowest BCUT2D eigenvalue weighted by atomic mass is 10.3. The van der Waals surface area contributed by atoms with Crippen molar-refractivity contribution in [1.29, 1.82) is 0 Å². The smallest absolute Gasteiger partial charge is 0.239 e. The van der Waals surface area contributed by atoms with Gasteiger partial charge in [-0.3, -0.25) is 0 Å². The number of thioether (sulfide) groups is 1. The van der Waals surface area contributed by atoms with E-state index in [2.05, 4.69) is 21.2 Å². The zero-order valence-corrected chi connectivity index (χ0v) is 11.6. The minimum atomic E-state index is 0.117. The van der Waals surface area contributed by atoms with E-state index in [1.54, 1.807) is 23.1 Å². The van der Waals surface area contributed by atoms with Gasteiger partial charge in [-0.25, -0.2) is 4.98 Å². The van der Waals surface area contributed by atoms with Gasteiger partial charge in [-0.2, -0.15) is 4.98 Å². The van der Waals surface area contributed by atoms with E-state index in [1.807, 2.05) is 32.0 Å². The fourth-order valence-corrected chi connectivity index (χ4v) is 3.82. The fourth-order valence-electron chi connectivity index (χ4n) is 1.58. The van der Waals surface area contributed by atoms with Gasteiger partial charge < -0.3 is 4.52 Å². The minimum Gasteiger partial charge on any atom is -0.338 e. The Balaban J connectivity index is 1.83. The van der Waals surface area contributed by atoms with Crippen LogP contribution in [0.5, 0.6) is 0 Å². The first-order valence-electron chi connectivity index (χ1n) is 5.55. The number of hydrogen-bond donors (Lipinski definition) is 0. The molecular formula is C12H11N3OS2. The van der Waals surface area contributed by atoms with Gasteiger partial charge in [0.2, 0.25) is 5.89 Å². The average Bonchev–Trinajstić information content (AvgIpc) is 2.94. The number of fused-ring (bicyclic) bond motifs is 1. The minimum absolute atomic E-state index is 0.117. The van der Waals surface area contributed by atoms with Crippen LogP contribution in [0.4, 0.5) is 0 Å². The maximum Gasteiger partial charge on any atom is 0.239 e. The molecular weight excluding hydrogens is 266 g/mol. The lowest BCUT2D eigenvalue weighted by Gasteiger charge is -2.01. The first kappa shape index (κ1) is 11.7. The van der Waals surface area contributed by atoms with Gasteiger partial charge in [-0.05, 0) is 26.0 Å². The van der Waals surface area contributed by atoms with Gasteiger partial charge >= 0.3 is 0 Å². The molecule has 0 aliphatic heterocycles. The summed E-state index contributed by atoms with van der Waals surface area (Å²) < 4.78 is 7.40. The third-order valence-corrected chi connectivity index (χ3v) is 4.66. The van der Waals surface area contributed by atoms with E-state index in [-0.39, 0.29) is 5.25 Å². The number of hydrogen-bond acceptors (Lipinski definition) is 6. The van der Waals surface area contributed by atoms with E-state index >= 15 is 0 Å². The molecule has 0 N–H and O–H groups in total. The second kappa shape index (κ2) is 4.70. The van der Waals surface area contributed by atoms with Crippen LogP contribution in [0.3, 0.4) is 0 Å². The van der Waals surface area contributed by atoms with Crippen molar-refractivity contribution < 1.29 is 4.52 Å². The molecule has 1 atom stereocenters. The van der Waals surface area contributed by atoms with Gasteiger partial charge in [-0.1, -0.05) is 29.1 Å². The van der Waals surface area contributed by atoms with E-state index < -0.39 is 0 Å². The molecule has 0 bridgehead atoms. The molecule has 2 heterocycles. The van der Waals surface area contributed by atoms with Crippen LogP contribution in [-0.2, 0) is 0 Å². The summed E-state index contributed by atoms with van der Waals surface area (Å²) in [5.74, 6) is 1.32. The van der Waals surface area contributed by atoms with E-state index in [0.717, 1.165) is 9.86 Å². The van der Waals surface area contributed by atoms with Gasteiger partial charge in [0.25, 0.3) is 0 Å². The zero-order chi connectivity index (χ0) is 12.5. The summed E-state index contributed by atoms with van der Waals surface area (Å²) in [6.07, 6.45) is 0. The van der Waals surface area contributed by atoms with Crippen LogP contribution in [-0.4, -0.2) is 15.1 Å². The summed E-state index contributed by atoms with van der Waals surface area (Å²) in [5, 5.41) is 3.92. The first-order valence-corrected chi connectivity index (χ1v) is 7.24. The molecule has 0 radical (unpaired) electrons. The van der Waals surface area contributed by atoms with Gasteiger partial charge in [0.05, 0.1) is 15.5 Å². The Labute approximate surface area is 112 Å². The summed E-state index contributed by atoms with van der Waals surface area (Å²) in [7, 11) is 0. The van der Waals surface area contributed by atoms with E-state index in [0.29, 0.717) is 11.7 Å². The molecule has 0 aliphatic rings. The van der Waals surface area contributed by atoms with Crippen molar-refractivity contribution in [2.24, 2.45) is 0 Å². The Bertz CT molecular complexity index is 644. The van der Waals surface area contributed by atoms with Crippen molar-refractivity contribution in [1.82, 2.24) is 15.1 Å². The molecule has 3 aromatic rings. The maximum absolute atomic E-state index is 5.17. The summed E-state index contributed by atoms with van der Waals surface area (Å²) in [4.78, 5) is 8.82. The lowest BCUT2D eigenvalue weighted by molar-refractivity contribution is 0.376. The Hall–Kier alpha value is -1.40. The molecule has 2 aromatic heterocycles. The van der Waals surface area contributed by atoms with Gasteiger partial charge in [0.15, 0.2) is 10.2 Å². The molecule has 18 heavy (non-hydrogen) atoms. The molecule has 0 fully saturated rings. The zero-order valence-electron chi connectivity index (χ0n) is 9.95. The summed E-state index contributed by atoms with van der Waals surface area (Å²) in [5.41, 5.74) is 1.04. The highest BCUT2D eigenvalue weighted by Crippen LogP contribution is 2.38. The molecule has 0 unspecified atom stereocenters. The maximum atomic E-state index is 5.17. The van der Waals surface area contributed by atoms with E-state index in [9.17, 15) is 0 Å². The summed E-state index contributed by atoms with van der Waals surface area (Å²) in [6, 6.07) is 8.14. The summed E-state index contributed by atoms with van der Waals surface area (Å²) in [6.45, 7) is 3.87. The molecule has 0 aliphatic carbocycles. The predicted molar refractivity (Wildman–Crippen MR) is 72.9 cm³/mol. The van der Waals surface area contributed by atoms with Crippen LogP contribution in [0.15, 0.2) is 33.1 Å². The van der Waals surface area contributed by atoms with Crippen molar-refractivity contribution in [2.75, 3.05) is 0 Å². The third kappa shape index (κ3) is 2.26. The Morgan fingerprint density at radius 2 is 2.11 bits per heavy atom. The quantitative estimate of drug-likeness (QED) is 0.681. The van der Waals surface area contributed by atoms with Gasteiger partial charge in [0, 0.05) is 0 Å². The summed E-state index contributed by atoms with van der Waals surface area (Å²) >= 11 is 3.34. The van der Waals surface area contributed by atoms with Crippen LogP contribution >= 0.6 is 23.1 Å². The van der Waals surface area contributed by atoms with E-state index in [1.165, 1.54) is 4.70 Å². The van der Waals surface area contributed by atoms with Crippen LogP contribution < -0.4 is 0 Å². The van der Waals surface area contributed by atoms with Crippen molar-refractivity contribution >= 4 is 33.3 Å². The SMILES string of the molecule is Cc1noc([C@H](C)Sc2nc3ccccc3s2)n1. The third-order valence-electron chi connectivity index (χ3n) is 2.44. The molecule has 0 saturated carbocycles. The normalized spacial score (nSPS) is 13.0. The largest absolute Gasteiger partial charge is 0.338 e. The highest BCUT2D eigenvalue weighted by Gasteiger charge is 2.16. The number of rotatable bonds is 3. The number of benzene rings is 1. The van der Waals surface area contributed by atoms with Crippen LogP contribution in [0.1, 0.15) is 23.9 Å². The average molecular weight is 277 g/mol. The molecule has 4 nitrogen and oxygen atoms in total. The predicted octanol–water partition coefficient (Wildman–Crippen LogP) is 3.84. The number of aryl methyl sites for hydroxylation is 1. The topological polar surface area (TPSA) is 51.8 Å². The van der Waals surface area contributed by atoms with Crippen molar-refractivity contribution in [2.45, 2.75) is 23.4 Å². The van der Waals surface area contributed by atoms with Crippen LogP contribution in [0.25, 0.3) is 10.2 Å². The lowest BCUT2D eigenvalue weighted by Crippen LogP contribution is -1.88. The molecule has 92 valence electrons. The highest BCUT2D eigenvalue weighted by atomic mass is 32.2. The molecule has 0 amide bonds. The van der Waals surface area contributed by atoms with Crippen molar-refractivity contribution in [3.8, 4) is 0 Å². The van der Waals surface area contributed by atoms with Gasteiger partial charge in [-0.15, -0.1) is 11.3 Å². The highest BCUT2D eigenvalue weighted by molar-refractivity contribution is 8.01.